The minimum atomic E-state index is -0.133. The van der Waals surface area contributed by atoms with Crippen molar-refractivity contribution >= 4 is 28.6 Å². The van der Waals surface area contributed by atoms with Gasteiger partial charge < -0.3 is 9.64 Å². The summed E-state index contributed by atoms with van der Waals surface area (Å²) in [5.41, 5.74) is 1.24. The Morgan fingerprint density at radius 1 is 1.18 bits per heavy atom. The zero-order valence-electron chi connectivity index (χ0n) is 15.6. The minimum absolute atomic E-state index is 0.0298. The Bertz CT molecular complexity index is 1050. The standard InChI is InChI=1S/C21H21N3O3S/c1-15-13-23(11-12-27-15)19(25)14-28-21-22-18-10-6-5-9-17(18)20(26)24(21)16-7-3-2-4-8-16/h2-10,15H,11-14H2,1H3. The van der Waals surface area contributed by atoms with Crippen LogP contribution in [0.4, 0.5) is 0 Å². The molecule has 1 saturated heterocycles. The van der Waals surface area contributed by atoms with Crippen molar-refractivity contribution in [1.29, 1.82) is 0 Å². The molecule has 0 radical (unpaired) electrons. The van der Waals surface area contributed by atoms with Gasteiger partial charge in [0.2, 0.25) is 5.91 Å². The topological polar surface area (TPSA) is 64.4 Å². The smallest absolute Gasteiger partial charge is 0.266 e. The van der Waals surface area contributed by atoms with Crippen molar-refractivity contribution in [2.75, 3.05) is 25.4 Å². The van der Waals surface area contributed by atoms with Crippen LogP contribution in [0, 0.1) is 0 Å². The number of thioether (sulfide) groups is 1. The van der Waals surface area contributed by atoms with Gasteiger partial charge in [0.25, 0.3) is 5.56 Å². The Morgan fingerprint density at radius 3 is 2.71 bits per heavy atom. The Balaban J connectivity index is 1.67. The first-order chi connectivity index (χ1) is 13.6. The number of ether oxygens (including phenoxy) is 1. The summed E-state index contributed by atoms with van der Waals surface area (Å²) in [7, 11) is 0. The van der Waals surface area contributed by atoms with Crippen molar-refractivity contribution in [2.45, 2.75) is 18.2 Å². The van der Waals surface area contributed by atoms with Crippen LogP contribution in [0.5, 0.6) is 0 Å². The molecule has 144 valence electrons. The van der Waals surface area contributed by atoms with E-state index in [0.717, 1.165) is 5.69 Å². The zero-order chi connectivity index (χ0) is 19.5. The van der Waals surface area contributed by atoms with Gasteiger partial charge in [0.1, 0.15) is 0 Å². The molecule has 28 heavy (non-hydrogen) atoms. The molecule has 1 atom stereocenters. The third-order valence-electron chi connectivity index (χ3n) is 4.68. The summed E-state index contributed by atoms with van der Waals surface area (Å²) in [5, 5.41) is 1.08. The summed E-state index contributed by atoms with van der Waals surface area (Å²) in [5.74, 6) is 0.256. The van der Waals surface area contributed by atoms with E-state index in [4.69, 9.17) is 4.74 Å². The molecule has 1 aliphatic heterocycles. The molecule has 0 bridgehead atoms. The van der Waals surface area contributed by atoms with Crippen molar-refractivity contribution in [2.24, 2.45) is 0 Å². The van der Waals surface area contributed by atoms with E-state index in [1.807, 2.05) is 60.4 Å². The lowest BCUT2D eigenvalue weighted by molar-refractivity contribution is -0.135. The van der Waals surface area contributed by atoms with Gasteiger partial charge in [-0.15, -0.1) is 0 Å². The zero-order valence-corrected chi connectivity index (χ0v) is 16.4. The van der Waals surface area contributed by atoms with E-state index in [0.29, 0.717) is 35.8 Å². The van der Waals surface area contributed by atoms with Gasteiger partial charge in [0.05, 0.1) is 35.1 Å². The Hall–Kier alpha value is -2.64. The highest BCUT2D eigenvalue weighted by Crippen LogP contribution is 2.22. The number of carbonyl (C=O) groups is 1. The summed E-state index contributed by atoms with van der Waals surface area (Å²) < 4.78 is 7.09. The highest BCUT2D eigenvalue weighted by molar-refractivity contribution is 7.99. The highest BCUT2D eigenvalue weighted by atomic mass is 32.2. The number of hydrogen-bond acceptors (Lipinski definition) is 5. The molecule has 0 spiro atoms. The molecule has 6 nitrogen and oxygen atoms in total. The van der Waals surface area contributed by atoms with E-state index < -0.39 is 0 Å². The number of para-hydroxylation sites is 2. The fourth-order valence-electron chi connectivity index (χ4n) is 3.28. The van der Waals surface area contributed by atoms with Gasteiger partial charge >= 0.3 is 0 Å². The van der Waals surface area contributed by atoms with E-state index in [9.17, 15) is 9.59 Å². The molecule has 2 heterocycles. The monoisotopic (exact) mass is 395 g/mol. The van der Waals surface area contributed by atoms with Gasteiger partial charge in [-0.25, -0.2) is 4.98 Å². The predicted octanol–water partition coefficient (Wildman–Crippen LogP) is 2.73. The lowest BCUT2D eigenvalue weighted by Gasteiger charge is -2.31. The number of morpholine rings is 1. The Labute approximate surface area is 167 Å². The average Bonchev–Trinajstić information content (AvgIpc) is 2.73. The van der Waals surface area contributed by atoms with Crippen LogP contribution in [0.1, 0.15) is 6.92 Å². The molecule has 0 aliphatic carbocycles. The van der Waals surface area contributed by atoms with Gasteiger partial charge in [-0.3, -0.25) is 14.2 Å². The molecule has 2 aromatic carbocycles. The van der Waals surface area contributed by atoms with Crippen molar-refractivity contribution in [3.63, 3.8) is 0 Å². The number of aromatic nitrogens is 2. The normalized spacial score (nSPS) is 17.0. The van der Waals surface area contributed by atoms with Crippen LogP contribution in [-0.4, -0.2) is 51.9 Å². The van der Waals surface area contributed by atoms with Gasteiger partial charge in [0, 0.05) is 13.1 Å². The van der Waals surface area contributed by atoms with Crippen molar-refractivity contribution in [3.8, 4) is 5.69 Å². The van der Waals surface area contributed by atoms with Crippen LogP contribution in [0.25, 0.3) is 16.6 Å². The number of rotatable bonds is 4. The average molecular weight is 395 g/mol. The van der Waals surface area contributed by atoms with E-state index in [2.05, 4.69) is 4.98 Å². The summed E-state index contributed by atoms with van der Waals surface area (Å²) >= 11 is 1.29. The molecule has 1 fully saturated rings. The molecule has 3 aromatic rings. The molecule has 7 heteroatoms. The van der Waals surface area contributed by atoms with Crippen LogP contribution >= 0.6 is 11.8 Å². The van der Waals surface area contributed by atoms with Gasteiger partial charge in [-0.05, 0) is 31.2 Å². The van der Waals surface area contributed by atoms with Crippen molar-refractivity contribution in [1.82, 2.24) is 14.5 Å². The minimum Gasteiger partial charge on any atom is -0.375 e. The second kappa shape index (κ2) is 8.16. The SMILES string of the molecule is CC1CN(C(=O)CSc2nc3ccccc3c(=O)n2-c2ccccc2)CCO1. The summed E-state index contributed by atoms with van der Waals surface area (Å²) in [6, 6.07) is 16.7. The lowest BCUT2D eigenvalue weighted by atomic mass is 10.2. The Morgan fingerprint density at radius 2 is 1.93 bits per heavy atom. The predicted molar refractivity (Wildman–Crippen MR) is 110 cm³/mol. The first-order valence-electron chi connectivity index (χ1n) is 9.23. The maximum Gasteiger partial charge on any atom is 0.266 e. The van der Waals surface area contributed by atoms with Crippen LogP contribution in [0.3, 0.4) is 0 Å². The third-order valence-corrected chi connectivity index (χ3v) is 5.60. The third kappa shape index (κ3) is 3.81. The molecule has 0 N–H and O–H groups in total. The van der Waals surface area contributed by atoms with Crippen LogP contribution < -0.4 is 5.56 Å². The van der Waals surface area contributed by atoms with Crippen LogP contribution in [-0.2, 0) is 9.53 Å². The number of nitrogens with zero attached hydrogens (tertiary/aromatic N) is 3. The molecule has 1 aromatic heterocycles. The first kappa shape index (κ1) is 18.7. The largest absolute Gasteiger partial charge is 0.375 e. The molecule has 1 unspecified atom stereocenters. The number of benzene rings is 2. The van der Waals surface area contributed by atoms with Crippen LogP contribution in [0.15, 0.2) is 64.5 Å². The van der Waals surface area contributed by atoms with Gasteiger partial charge in [0.15, 0.2) is 5.16 Å². The van der Waals surface area contributed by atoms with Crippen LogP contribution in [0.2, 0.25) is 0 Å². The fourth-order valence-corrected chi connectivity index (χ4v) is 4.19. The maximum absolute atomic E-state index is 13.1. The number of hydrogen-bond donors (Lipinski definition) is 0. The number of amides is 1. The Kier molecular flexibility index (Phi) is 5.45. The summed E-state index contributed by atoms with van der Waals surface area (Å²) in [4.78, 5) is 32.3. The lowest BCUT2D eigenvalue weighted by Crippen LogP contribution is -2.45. The van der Waals surface area contributed by atoms with Crippen molar-refractivity contribution in [3.05, 3.63) is 65.0 Å². The second-order valence-corrected chi connectivity index (χ2v) is 7.64. The maximum atomic E-state index is 13.1. The molecule has 0 saturated carbocycles. The van der Waals surface area contributed by atoms with Crippen molar-refractivity contribution < 1.29 is 9.53 Å². The molecular formula is C21H21N3O3S. The number of fused-ring (bicyclic) bond motifs is 1. The quantitative estimate of drug-likeness (QED) is 0.502. The van der Waals surface area contributed by atoms with E-state index in [1.165, 1.54) is 11.8 Å². The highest BCUT2D eigenvalue weighted by Gasteiger charge is 2.22. The number of carbonyl (C=O) groups excluding carboxylic acids is 1. The first-order valence-corrected chi connectivity index (χ1v) is 10.2. The van der Waals surface area contributed by atoms with E-state index >= 15 is 0 Å². The summed E-state index contributed by atoms with van der Waals surface area (Å²) in [6.45, 7) is 3.71. The fraction of sp³-hybridized carbons (Fsp3) is 0.286. The van der Waals surface area contributed by atoms with Gasteiger partial charge in [-0.1, -0.05) is 42.1 Å². The van der Waals surface area contributed by atoms with E-state index in [-0.39, 0.29) is 23.3 Å². The molecule has 4 rings (SSSR count). The molecular weight excluding hydrogens is 374 g/mol. The second-order valence-electron chi connectivity index (χ2n) is 6.70. The molecule has 1 aliphatic rings. The summed E-state index contributed by atoms with van der Waals surface area (Å²) in [6.07, 6.45) is 0.0454. The molecule has 1 amide bonds. The van der Waals surface area contributed by atoms with Gasteiger partial charge in [-0.2, -0.15) is 0 Å². The van der Waals surface area contributed by atoms with E-state index in [1.54, 1.807) is 10.6 Å².